The predicted octanol–water partition coefficient (Wildman–Crippen LogP) is 0.975. The number of anilines is 1. The van der Waals surface area contributed by atoms with Gasteiger partial charge in [0.15, 0.2) is 10.2 Å². The summed E-state index contributed by atoms with van der Waals surface area (Å²) in [6.45, 7) is 1.85. The second-order valence-corrected chi connectivity index (χ2v) is 5.69. The summed E-state index contributed by atoms with van der Waals surface area (Å²) in [5.74, 6) is 0. The van der Waals surface area contributed by atoms with E-state index in [0.29, 0.717) is 5.13 Å². The molecule has 0 fully saturated rings. The Hall–Kier alpha value is -1.41. The number of hydrogen-bond donors (Lipinski definition) is 2. The third-order valence-electron chi connectivity index (χ3n) is 1.61. The van der Waals surface area contributed by atoms with Crippen molar-refractivity contribution in [2.24, 2.45) is 0 Å². The van der Waals surface area contributed by atoms with Gasteiger partial charge in [-0.1, -0.05) is 0 Å². The first kappa shape index (κ1) is 10.1. The van der Waals surface area contributed by atoms with Gasteiger partial charge in [-0.25, -0.2) is 4.98 Å². The first-order valence-electron chi connectivity index (χ1n) is 4.02. The van der Waals surface area contributed by atoms with E-state index < -0.39 is 10.0 Å². The van der Waals surface area contributed by atoms with E-state index in [2.05, 4.69) is 19.9 Å². The molecular weight excluding hydrogens is 236 g/mol. The van der Waals surface area contributed by atoms with Crippen LogP contribution in [0.1, 0.15) is 4.88 Å². The van der Waals surface area contributed by atoms with Gasteiger partial charge in [0.1, 0.15) is 0 Å². The normalized spacial score (nSPS) is 11.5. The molecule has 8 heteroatoms. The van der Waals surface area contributed by atoms with Crippen molar-refractivity contribution >= 4 is 26.5 Å². The predicted molar refractivity (Wildman–Crippen MR) is 56.2 cm³/mol. The van der Waals surface area contributed by atoms with Crippen molar-refractivity contribution < 1.29 is 8.42 Å². The zero-order valence-corrected chi connectivity index (χ0v) is 9.39. The molecular formula is C7H8N4O2S2. The number of hydrogen-bond acceptors (Lipinski definition) is 5. The lowest BCUT2D eigenvalue weighted by Gasteiger charge is -2.00. The summed E-state index contributed by atoms with van der Waals surface area (Å²) >= 11 is 1.28. The van der Waals surface area contributed by atoms with Crippen LogP contribution in [0.4, 0.5) is 5.13 Å². The number of H-pyrrole nitrogens is 1. The van der Waals surface area contributed by atoms with Gasteiger partial charge in [0, 0.05) is 11.1 Å². The summed E-state index contributed by atoms with van der Waals surface area (Å²) in [6, 6.07) is 1.38. The van der Waals surface area contributed by atoms with Gasteiger partial charge in [0.05, 0.1) is 6.20 Å². The fraction of sp³-hybridized carbons (Fsp3) is 0.143. The van der Waals surface area contributed by atoms with E-state index in [-0.39, 0.29) is 5.03 Å². The van der Waals surface area contributed by atoms with E-state index in [1.165, 1.54) is 23.6 Å². The highest BCUT2D eigenvalue weighted by Crippen LogP contribution is 2.19. The molecule has 2 heterocycles. The summed E-state index contributed by atoms with van der Waals surface area (Å²) < 4.78 is 25.7. The molecule has 0 bridgehead atoms. The Bertz CT molecular complexity index is 543. The Labute approximate surface area is 90.4 Å². The van der Waals surface area contributed by atoms with E-state index in [9.17, 15) is 8.42 Å². The molecule has 0 aromatic carbocycles. The molecule has 0 aliphatic heterocycles. The first-order valence-corrected chi connectivity index (χ1v) is 6.32. The summed E-state index contributed by atoms with van der Waals surface area (Å²) in [5.41, 5.74) is 0. The van der Waals surface area contributed by atoms with Crippen molar-refractivity contribution in [1.82, 2.24) is 15.2 Å². The summed E-state index contributed by atoms with van der Waals surface area (Å²) in [7, 11) is -3.58. The number of nitrogens with zero attached hydrogens (tertiary/aromatic N) is 2. The number of rotatable bonds is 3. The minimum Gasteiger partial charge on any atom is -0.266 e. The minimum absolute atomic E-state index is 0.0235. The number of thiazole rings is 1. The van der Waals surface area contributed by atoms with Gasteiger partial charge in [0.2, 0.25) is 0 Å². The quantitative estimate of drug-likeness (QED) is 0.842. The molecule has 2 aromatic rings. The van der Waals surface area contributed by atoms with Crippen LogP contribution in [0.25, 0.3) is 0 Å². The standard InChI is InChI=1S/C7H8N4O2S2/c1-5-4-8-7(14-5)11-15(12,13)6-2-3-9-10-6/h2-4H,1H3,(H,8,11)(H,9,10). The van der Waals surface area contributed by atoms with Crippen molar-refractivity contribution in [1.29, 1.82) is 0 Å². The lowest BCUT2D eigenvalue weighted by Crippen LogP contribution is -2.13. The molecule has 2 rings (SSSR count). The third kappa shape index (κ3) is 2.16. The maximum Gasteiger partial charge on any atom is 0.280 e. The Morgan fingerprint density at radius 3 is 2.87 bits per heavy atom. The fourth-order valence-electron chi connectivity index (χ4n) is 0.965. The Morgan fingerprint density at radius 2 is 2.33 bits per heavy atom. The van der Waals surface area contributed by atoms with Crippen LogP contribution in [-0.2, 0) is 10.0 Å². The average molecular weight is 244 g/mol. The monoisotopic (exact) mass is 244 g/mol. The minimum atomic E-state index is -3.58. The Morgan fingerprint density at radius 1 is 1.53 bits per heavy atom. The van der Waals surface area contributed by atoms with Gasteiger partial charge in [0.25, 0.3) is 10.0 Å². The summed E-state index contributed by atoms with van der Waals surface area (Å²) in [4.78, 5) is 4.85. The number of aryl methyl sites for hydroxylation is 1. The zero-order valence-electron chi connectivity index (χ0n) is 7.76. The van der Waals surface area contributed by atoms with Crippen LogP contribution in [0.5, 0.6) is 0 Å². The first-order chi connectivity index (χ1) is 7.08. The van der Waals surface area contributed by atoms with E-state index in [0.717, 1.165) is 4.88 Å². The molecule has 0 atom stereocenters. The van der Waals surface area contributed by atoms with Gasteiger partial charge in [-0.05, 0) is 13.0 Å². The highest BCUT2D eigenvalue weighted by molar-refractivity contribution is 7.92. The van der Waals surface area contributed by atoms with Gasteiger partial charge >= 0.3 is 0 Å². The SMILES string of the molecule is Cc1cnc(NS(=O)(=O)c2ccn[nH]2)s1. The van der Waals surface area contributed by atoms with Crippen molar-refractivity contribution in [3.05, 3.63) is 23.3 Å². The Balaban J connectivity index is 2.26. The molecule has 0 saturated heterocycles. The van der Waals surface area contributed by atoms with Crippen molar-refractivity contribution in [2.45, 2.75) is 11.9 Å². The molecule has 0 amide bonds. The lowest BCUT2D eigenvalue weighted by molar-refractivity contribution is 0.597. The van der Waals surface area contributed by atoms with Gasteiger partial charge in [-0.3, -0.25) is 9.82 Å². The fourth-order valence-corrected chi connectivity index (χ4v) is 2.78. The summed E-state index contributed by atoms with van der Waals surface area (Å²) in [6.07, 6.45) is 2.98. The van der Waals surface area contributed by atoms with Crippen molar-refractivity contribution in [3.8, 4) is 0 Å². The van der Waals surface area contributed by atoms with Gasteiger partial charge in [-0.2, -0.15) is 13.5 Å². The van der Waals surface area contributed by atoms with E-state index in [1.54, 1.807) is 6.20 Å². The van der Waals surface area contributed by atoms with Crippen LogP contribution in [-0.4, -0.2) is 23.6 Å². The number of aromatic amines is 1. The molecule has 0 spiro atoms. The van der Waals surface area contributed by atoms with E-state index in [4.69, 9.17) is 0 Å². The van der Waals surface area contributed by atoms with Crippen LogP contribution in [0.2, 0.25) is 0 Å². The largest absolute Gasteiger partial charge is 0.280 e. The second-order valence-electron chi connectivity index (χ2n) is 2.80. The summed E-state index contributed by atoms with van der Waals surface area (Å²) in [5, 5.41) is 6.33. The number of aromatic nitrogens is 3. The molecule has 0 aliphatic rings. The number of nitrogens with one attached hydrogen (secondary N) is 2. The third-order valence-corrected chi connectivity index (χ3v) is 3.83. The van der Waals surface area contributed by atoms with Crippen LogP contribution >= 0.6 is 11.3 Å². The molecule has 15 heavy (non-hydrogen) atoms. The second kappa shape index (κ2) is 3.63. The van der Waals surface area contributed by atoms with E-state index >= 15 is 0 Å². The average Bonchev–Trinajstić information content (AvgIpc) is 2.75. The maximum atomic E-state index is 11.7. The topological polar surface area (TPSA) is 87.7 Å². The van der Waals surface area contributed by atoms with Crippen molar-refractivity contribution in [3.63, 3.8) is 0 Å². The zero-order chi connectivity index (χ0) is 10.9. The molecule has 0 saturated carbocycles. The molecule has 0 unspecified atom stereocenters. The lowest BCUT2D eigenvalue weighted by atomic mass is 10.7. The Kier molecular flexibility index (Phi) is 2.45. The smallest absolute Gasteiger partial charge is 0.266 e. The highest BCUT2D eigenvalue weighted by atomic mass is 32.2. The molecule has 0 aliphatic carbocycles. The molecule has 2 aromatic heterocycles. The molecule has 80 valence electrons. The van der Waals surface area contributed by atoms with Gasteiger partial charge in [-0.15, -0.1) is 11.3 Å². The highest BCUT2D eigenvalue weighted by Gasteiger charge is 2.16. The number of sulfonamides is 1. The van der Waals surface area contributed by atoms with Crippen LogP contribution in [0, 0.1) is 6.92 Å². The van der Waals surface area contributed by atoms with Crippen LogP contribution < -0.4 is 4.72 Å². The maximum absolute atomic E-state index is 11.7. The molecule has 6 nitrogen and oxygen atoms in total. The van der Waals surface area contributed by atoms with E-state index in [1.807, 2.05) is 6.92 Å². The van der Waals surface area contributed by atoms with Crippen molar-refractivity contribution in [2.75, 3.05) is 4.72 Å². The van der Waals surface area contributed by atoms with Crippen LogP contribution in [0.3, 0.4) is 0 Å². The molecule has 0 radical (unpaired) electrons. The van der Waals surface area contributed by atoms with Crippen LogP contribution in [0.15, 0.2) is 23.5 Å². The van der Waals surface area contributed by atoms with Gasteiger partial charge < -0.3 is 0 Å². The molecule has 2 N–H and O–H groups in total.